The molecule has 0 heterocycles. The number of amides is 1. The maximum absolute atomic E-state index is 12.8. The van der Waals surface area contributed by atoms with Gasteiger partial charge in [-0.15, -0.1) is 11.6 Å². The molecule has 5 nitrogen and oxygen atoms in total. The van der Waals surface area contributed by atoms with E-state index >= 15 is 0 Å². The van der Waals surface area contributed by atoms with Crippen molar-refractivity contribution in [2.75, 3.05) is 18.4 Å². The summed E-state index contributed by atoms with van der Waals surface area (Å²) in [5.41, 5.74) is 0.528. The van der Waals surface area contributed by atoms with Gasteiger partial charge in [0.2, 0.25) is 15.9 Å². The van der Waals surface area contributed by atoms with Crippen LogP contribution >= 0.6 is 11.6 Å². The molecule has 0 spiro atoms. The lowest BCUT2D eigenvalue weighted by Gasteiger charge is -2.22. The van der Waals surface area contributed by atoms with Crippen LogP contribution in [0.25, 0.3) is 0 Å². The van der Waals surface area contributed by atoms with E-state index in [9.17, 15) is 13.2 Å². The molecule has 0 unspecified atom stereocenters. The number of nitrogens with one attached hydrogen (secondary N) is 1. The average molecular weight is 375 g/mol. The third-order valence-corrected chi connectivity index (χ3v) is 5.75. The maximum atomic E-state index is 12.8. The summed E-state index contributed by atoms with van der Waals surface area (Å²) in [4.78, 5) is 11.8. The van der Waals surface area contributed by atoms with Crippen molar-refractivity contribution in [1.82, 2.24) is 4.31 Å². The molecule has 0 saturated carbocycles. The number of halogens is 1. The largest absolute Gasteiger partial charge is 0.325 e. The molecule has 0 saturated heterocycles. The van der Waals surface area contributed by atoms with Gasteiger partial charge in [0.05, 0.1) is 4.90 Å². The molecule has 1 aromatic rings. The molecular weight excluding hydrogens is 348 g/mol. The standard InChI is InChI=1S/C17H27ClN2O3S/c1-4-6-12-20(13-7-5-2)24(22,23)16-10-8-15(9-11-16)19-17(21)14(3)18/h8-11,14H,4-7,12-13H2,1-3H3,(H,19,21)/t14-/m1/s1. The maximum Gasteiger partial charge on any atom is 0.243 e. The predicted octanol–water partition coefficient (Wildman–Crippen LogP) is 3.84. The zero-order valence-electron chi connectivity index (χ0n) is 14.6. The number of carbonyl (C=O) groups excluding carboxylic acids is 1. The van der Waals surface area contributed by atoms with Gasteiger partial charge in [0, 0.05) is 18.8 Å². The third kappa shape index (κ3) is 6.07. The van der Waals surface area contributed by atoms with E-state index < -0.39 is 15.4 Å². The van der Waals surface area contributed by atoms with E-state index in [1.807, 2.05) is 13.8 Å². The van der Waals surface area contributed by atoms with Crippen LogP contribution < -0.4 is 5.32 Å². The third-order valence-electron chi connectivity index (χ3n) is 3.64. The second-order valence-corrected chi connectivity index (χ2v) is 8.33. The van der Waals surface area contributed by atoms with Gasteiger partial charge in [-0.1, -0.05) is 26.7 Å². The number of rotatable bonds is 10. The van der Waals surface area contributed by atoms with Crippen LogP contribution in [0.1, 0.15) is 46.5 Å². The average Bonchev–Trinajstić information content (AvgIpc) is 2.55. The van der Waals surface area contributed by atoms with Crippen LogP contribution in [-0.4, -0.2) is 37.1 Å². The van der Waals surface area contributed by atoms with Crippen LogP contribution in [0.15, 0.2) is 29.2 Å². The summed E-state index contributed by atoms with van der Waals surface area (Å²) in [5, 5.41) is 1.99. The van der Waals surface area contributed by atoms with Gasteiger partial charge in [-0.2, -0.15) is 4.31 Å². The molecule has 0 aliphatic heterocycles. The van der Waals surface area contributed by atoms with Crippen molar-refractivity contribution in [3.63, 3.8) is 0 Å². The summed E-state index contributed by atoms with van der Waals surface area (Å²) in [6, 6.07) is 6.22. The highest BCUT2D eigenvalue weighted by molar-refractivity contribution is 7.89. The summed E-state index contributed by atoms with van der Waals surface area (Å²) < 4.78 is 27.2. The lowest BCUT2D eigenvalue weighted by atomic mass is 10.3. The van der Waals surface area contributed by atoms with E-state index in [0.29, 0.717) is 18.8 Å². The van der Waals surface area contributed by atoms with Crippen LogP contribution in [-0.2, 0) is 14.8 Å². The predicted molar refractivity (Wildman–Crippen MR) is 99.0 cm³/mol. The summed E-state index contributed by atoms with van der Waals surface area (Å²) in [5.74, 6) is -0.320. The number of hydrogen-bond donors (Lipinski definition) is 1. The normalized spacial score (nSPS) is 13.0. The second-order valence-electron chi connectivity index (χ2n) is 5.74. The Kier molecular flexibility index (Phi) is 8.73. The highest BCUT2D eigenvalue weighted by Gasteiger charge is 2.23. The number of hydrogen-bond acceptors (Lipinski definition) is 3. The Morgan fingerprint density at radius 1 is 1.12 bits per heavy atom. The number of sulfonamides is 1. The first-order chi connectivity index (χ1) is 11.3. The Labute approximate surface area is 150 Å². The zero-order chi connectivity index (χ0) is 18.2. The first-order valence-electron chi connectivity index (χ1n) is 8.38. The van der Waals surface area contributed by atoms with Crippen molar-refractivity contribution >= 4 is 33.2 Å². The molecule has 0 radical (unpaired) electrons. The molecule has 1 amide bonds. The molecular formula is C17H27ClN2O3S. The minimum atomic E-state index is -3.51. The lowest BCUT2D eigenvalue weighted by molar-refractivity contribution is -0.115. The molecule has 0 aliphatic carbocycles. The molecule has 136 valence electrons. The molecule has 0 bridgehead atoms. The van der Waals surface area contributed by atoms with E-state index in [2.05, 4.69) is 5.32 Å². The van der Waals surface area contributed by atoms with Crippen molar-refractivity contribution in [3.05, 3.63) is 24.3 Å². The molecule has 0 aromatic heterocycles. The van der Waals surface area contributed by atoms with E-state index in [4.69, 9.17) is 11.6 Å². The summed E-state index contributed by atoms with van der Waals surface area (Å²) >= 11 is 5.71. The van der Waals surface area contributed by atoms with Crippen LogP contribution in [0.4, 0.5) is 5.69 Å². The van der Waals surface area contributed by atoms with Gasteiger partial charge in [-0.25, -0.2) is 8.42 Å². The fourth-order valence-electron chi connectivity index (χ4n) is 2.12. The van der Waals surface area contributed by atoms with Gasteiger partial charge in [0.25, 0.3) is 0 Å². The monoisotopic (exact) mass is 374 g/mol. The highest BCUT2D eigenvalue weighted by atomic mass is 35.5. The summed E-state index contributed by atoms with van der Waals surface area (Å²) in [6.07, 6.45) is 3.56. The van der Waals surface area contributed by atoms with Crippen molar-refractivity contribution in [2.45, 2.75) is 56.7 Å². The van der Waals surface area contributed by atoms with Crippen molar-refractivity contribution < 1.29 is 13.2 Å². The summed E-state index contributed by atoms with van der Waals surface area (Å²) in [7, 11) is -3.51. The zero-order valence-corrected chi connectivity index (χ0v) is 16.2. The van der Waals surface area contributed by atoms with Gasteiger partial charge in [-0.3, -0.25) is 4.79 Å². The quantitative estimate of drug-likeness (QED) is 0.632. The first-order valence-corrected chi connectivity index (χ1v) is 10.3. The van der Waals surface area contributed by atoms with Crippen LogP contribution in [0.3, 0.4) is 0 Å². The number of alkyl halides is 1. The Morgan fingerprint density at radius 3 is 2.04 bits per heavy atom. The van der Waals surface area contributed by atoms with Crippen molar-refractivity contribution in [2.24, 2.45) is 0 Å². The van der Waals surface area contributed by atoms with Crippen molar-refractivity contribution in [3.8, 4) is 0 Å². The van der Waals surface area contributed by atoms with Crippen LogP contribution in [0.5, 0.6) is 0 Å². The fourth-order valence-corrected chi connectivity index (χ4v) is 3.69. The minimum absolute atomic E-state index is 0.242. The highest BCUT2D eigenvalue weighted by Crippen LogP contribution is 2.20. The van der Waals surface area contributed by atoms with Gasteiger partial charge in [0.1, 0.15) is 5.38 Å². The molecule has 0 aliphatic rings. The van der Waals surface area contributed by atoms with Gasteiger partial charge in [0.15, 0.2) is 0 Å². The van der Waals surface area contributed by atoms with E-state index in [1.54, 1.807) is 23.4 Å². The number of unbranched alkanes of at least 4 members (excludes halogenated alkanes) is 2. The second kappa shape index (κ2) is 10.0. The fraction of sp³-hybridized carbons (Fsp3) is 0.588. The summed E-state index contributed by atoms with van der Waals surface area (Å²) in [6.45, 7) is 6.72. The van der Waals surface area contributed by atoms with Gasteiger partial charge < -0.3 is 5.32 Å². The molecule has 1 rings (SSSR count). The Balaban J connectivity index is 2.92. The lowest BCUT2D eigenvalue weighted by Crippen LogP contribution is -2.33. The molecule has 1 aromatic carbocycles. The molecule has 1 atom stereocenters. The number of carbonyl (C=O) groups is 1. The van der Waals surface area contributed by atoms with Crippen molar-refractivity contribution in [1.29, 1.82) is 0 Å². The Morgan fingerprint density at radius 2 is 1.62 bits per heavy atom. The molecule has 0 fully saturated rings. The Bertz CT molecular complexity index is 607. The van der Waals surface area contributed by atoms with E-state index in [1.165, 1.54) is 12.1 Å². The molecule has 24 heavy (non-hydrogen) atoms. The van der Waals surface area contributed by atoms with E-state index in [0.717, 1.165) is 25.7 Å². The van der Waals surface area contributed by atoms with Gasteiger partial charge in [-0.05, 0) is 44.0 Å². The van der Waals surface area contributed by atoms with Crippen LogP contribution in [0, 0.1) is 0 Å². The smallest absolute Gasteiger partial charge is 0.243 e. The van der Waals surface area contributed by atoms with Crippen LogP contribution in [0.2, 0.25) is 0 Å². The minimum Gasteiger partial charge on any atom is -0.325 e. The Hall–Kier alpha value is -1.11. The molecule has 7 heteroatoms. The van der Waals surface area contributed by atoms with E-state index in [-0.39, 0.29) is 10.8 Å². The number of anilines is 1. The molecule has 1 N–H and O–H groups in total. The SMILES string of the molecule is CCCCN(CCCC)S(=O)(=O)c1ccc(NC(=O)[C@@H](C)Cl)cc1. The first kappa shape index (κ1) is 20.9. The van der Waals surface area contributed by atoms with Gasteiger partial charge >= 0.3 is 0 Å². The number of nitrogens with zero attached hydrogens (tertiary/aromatic N) is 1. The topological polar surface area (TPSA) is 66.5 Å². The number of benzene rings is 1.